The largest absolute Gasteiger partial charge is 0.492 e. The number of hydrogen-bond donors (Lipinski definition) is 1. The summed E-state index contributed by atoms with van der Waals surface area (Å²) >= 11 is 6.04. The number of nitrogens with zero attached hydrogens (tertiary/aromatic N) is 1. The van der Waals surface area contributed by atoms with Crippen molar-refractivity contribution in [2.45, 2.75) is 6.42 Å². The number of ether oxygens (including phenoxy) is 1. The number of halogens is 1. The average Bonchev–Trinajstić information content (AvgIpc) is 2.84. The fraction of sp³-hybridized carbons (Fsp3) is 0.182. The lowest BCUT2D eigenvalue weighted by molar-refractivity contribution is 0.357. The number of hydrogen-bond acceptors (Lipinski definition) is 4. The molecule has 2 N–H and O–H groups in total. The summed E-state index contributed by atoms with van der Waals surface area (Å²) in [6.07, 6.45) is 0.871. The van der Waals surface area contributed by atoms with E-state index in [2.05, 4.69) is 5.16 Å². The second-order valence-electron chi connectivity index (χ2n) is 3.65. The summed E-state index contributed by atoms with van der Waals surface area (Å²) in [7, 11) is 0. The van der Waals surface area contributed by atoms with Gasteiger partial charge >= 0.3 is 0 Å². The Morgan fingerprint density at radius 2 is 2.19 bits per heavy atom. The van der Waals surface area contributed by atoms with Crippen molar-refractivity contribution in [2.24, 2.45) is 0 Å². The van der Waals surface area contributed by atoms with Crippen LogP contribution in [-0.2, 0) is 6.42 Å². The van der Waals surface area contributed by atoms with E-state index in [9.17, 15) is 0 Å². The van der Waals surface area contributed by atoms with Gasteiger partial charge in [0.1, 0.15) is 11.4 Å². The van der Waals surface area contributed by atoms with Gasteiger partial charge in [-0.2, -0.15) is 0 Å². The van der Waals surface area contributed by atoms with Gasteiger partial charge in [0.05, 0.1) is 6.61 Å². The molecule has 0 aliphatic carbocycles. The third-order valence-corrected chi connectivity index (χ3v) is 2.77. The Bertz CT molecular complexity index is 551. The number of fused-ring (bicyclic) bond motifs is 1. The predicted molar refractivity (Wildman–Crippen MR) is 60.6 cm³/mol. The van der Waals surface area contributed by atoms with Crippen LogP contribution < -0.4 is 10.5 Å². The minimum atomic E-state index is 0.279. The number of anilines is 1. The second-order valence-corrected chi connectivity index (χ2v) is 4.09. The van der Waals surface area contributed by atoms with Gasteiger partial charge in [0.25, 0.3) is 0 Å². The van der Waals surface area contributed by atoms with Crippen LogP contribution in [0.15, 0.2) is 22.7 Å². The molecule has 2 heterocycles. The molecule has 0 saturated heterocycles. The molecular weight excluding hydrogens is 228 g/mol. The van der Waals surface area contributed by atoms with E-state index < -0.39 is 0 Å². The summed E-state index contributed by atoms with van der Waals surface area (Å²) in [6.45, 7) is 0.677. The Morgan fingerprint density at radius 3 is 2.94 bits per heavy atom. The molecule has 0 atom stereocenters. The highest BCUT2D eigenvalue weighted by atomic mass is 35.5. The van der Waals surface area contributed by atoms with Crippen molar-refractivity contribution in [1.29, 1.82) is 0 Å². The van der Waals surface area contributed by atoms with E-state index in [1.807, 2.05) is 12.1 Å². The van der Waals surface area contributed by atoms with Crippen molar-refractivity contribution in [3.05, 3.63) is 28.8 Å². The van der Waals surface area contributed by atoms with Gasteiger partial charge in [-0.25, -0.2) is 0 Å². The van der Waals surface area contributed by atoms with E-state index in [4.69, 9.17) is 26.6 Å². The van der Waals surface area contributed by atoms with Gasteiger partial charge in [-0.15, -0.1) is 0 Å². The first-order chi connectivity index (χ1) is 7.74. The van der Waals surface area contributed by atoms with Crippen LogP contribution in [-0.4, -0.2) is 11.8 Å². The van der Waals surface area contributed by atoms with Gasteiger partial charge in [0.2, 0.25) is 5.88 Å². The first-order valence-corrected chi connectivity index (χ1v) is 5.29. The maximum absolute atomic E-state index is 6.04. The molecule has 0 bridgehead atoms. The van der Waals surface area contributed by atoms with Crippen molar-refractivity contribution < 1.29 is 9.26 Å². The molecule has 0 spiro atoms. The third-order valence-electron chi connectivity index (χ3n) is 2.55. The monoisotopic (exact) mass is 236 g/mol. The van der Waals surface area contributed by atoms with Crippen LogP contribution in [0.2, 0.25) is 5.02 Å². The molecule has 3 rings (SSSR count). The molecule has 0 saturated carbocycles. The zero-order valence-corrected chi connectivity index (χ0v) is 9.12. The Labute approximate surface area is 96.9 Å². The van der Waals surface area contributed by atoms with Gasteiger partial charge in [-0.3, -0.25) is 0 Å². The minimum Gasteiger partial charge on any atom is -0.492 e. The molecule has 0 fully saturated rings. The van der Waals surface area contributed by atoms with Crippen LogP contribution in [0.3, 0.4) is 0 Å². The molecule has 1 aromatic heterocycles. The van der Waals surface area contributed by atoms with Crippen LogP contribution in [0.5, 0.6) is 5.75 Å². The van der Waals surface area contributed by atoms with Crippen molar-refractivity contribution in [1.82, 2.24) is 5.16 Å². The molecule has 1 aromatic carbocycles. The lowest BCUT2D eigenvalue weighted by atomic mass is 10.1. The number of nitrogen functional groups attached to an aromatic ring is 1. The molecule has 0 amide bonds. The number of benzene rings is 1. The zero-order chi connectivity index (χ0) is 11.1. The molecule has 82 valence electrons. The SMILES string of the molecule is Nc1cc(-c2cc(Cl)cc3c2OCC3)no1. The topological polar surface area (TPSA) is 61.3 Å². The smallest absolute Gasteiger partial charge is 0.222 e. The lowest BCUT2D eigenvalue weighted by Gasteiger charge is -2.05. The van der Waals surface area contributed by atoms with Gasteiger partial charge in [-0.05, 0) is 17.7 Å². The van der Waals surface area contributed by atoms with E-state index in [1.165, 1.54) is 0 Å². The minimum absolute atomic E-state index is 0.279. The highest BCUT2D eigenvalue weighted by Crippen LogP contribution is 2.39. The predicted octanol–water partition coefficient (Wildman–Crippen LogP) is 2.51. The Kier molecular flexibility index (Phi) is 2.04. The Hall–Kier alpha value is -1.68. The summed E-state index contributed by atoms with van der Waals surface area (Å²) in [5.74, 6) is 1.11. The van der Waals surface area contributed by atoms with Gasteiger partial charge in [0, 0.05) is 23.1 Å². The quantitative estimate of drug-likeness (QED) is 0.827. The normalized spacial score (nSPS) is 13.6. The van der Waals surface area contributed by atoms with Crippen molar-refractivity contribution in [3.8, 4) is 17.0 Å². The van der Waals surface area contributed by atoms with E-state index in [0.717, 1.165) is 23.3 Å². The molecule has 16 heavy (non-hydrogen) atoms. The first-order valence-electron chi connectivity index (χ1n) is 4.92. The summed E-state index contributed by atoms with van der Waals surface area (Å²) in [4.78, 5) is 0. The average molecular weight is 237 g/mol. The van der Waals surface area contributed by atoms with Gasteiger partial charge in [-0.1, -0.05) is 16.8 Å². The number of rotatable bonds is 1. The number of aromatic nitrogens is 1. The molecular formula is C11H9ClN2O2. The Balaban J connectivity index is 2.20. The highest BCUT2D eigenvalue weighted by Gasteiger charge is 2.20. The summed E-state index contributed by atoms with van der Waals surface area (Å²) < 4.78 is 10.4. The van der Waals surface area contributed by atoms with E-state index in [1.54, 1.807) is 6.07 Å². The van der Waals surface area contributed by atoms with Crippen LogP contribution in [0.4, 0.5) is 5.88 Å². The molecule has 4 nitrogen and oxygen atoms in total. The summed E-state index contributed by atoms with van der Waals surface area (Å²) in [5.41, 5.74) is 8.08. The maximum Gasteiger partial charge on any atom is 0.222 e. The molecule has 5 heteroatoms. The van der Waals surface area contributed by atoms with Crippen molar-refractivity contribution in [3.63, 3.8) is 0 Å². The third kappa shape index (κ3) is 1.42. The fourth-order valence-corrected chi connectivity index (χ4v) is 2.12. The van der Waals surface area contributed by atoms with E-state index in [-0.39, 0.29) is 5.88 Å². The lowest BCUT2D eigenvalue weighted by Crippen LogP contribution is -1.88. The molecule has 1 aliphatic heterocycles. The fourth-order valence-electron chi connectivity index (χ4n) is 1.88. The standard InChI is InChI=1S/C11H9ClN2O2/c12-7-3-6-1-2-15-11(6)8(4-7)9-5-10(13)16-14-9/h3-5H,1-2,13H2. The molecule has 2 aromatic rings. The molecule has 0 unspecified atom stereocenters. The maximum atomic E-state index is 6.04. The van der Waals surface area contributed by atoms with Crippen LogP contribution >= 0.6 is 11.6 Å². The van der Waals surface area contributed by atoms with Crippen molar-refractivity contribution in [2.75, 3.05) is 12.3 Å². The van der Waals surface area contributed by atoms with Crippen molar-refractivity contribution >= 4 is 17.5 Å². The van der Waals surface area contributed by atoms with E-state index >= 15 is 0 Å². The summed E-state index contributed by atoms with van der Waals surface area (Å²) in [5, 5.41) is 4.53. The zero-order valence-electron chi connectivity index (χ0n) is 8.37. The highest BCUT2D eigenvalue weighted by molar-refractivity contribution is 6.31. The van der Waals surface area contributed by atoms with Crippen LogP contribution in [0.25, 0.3) is 11.3 Å². The van der Waals surface area contributed by atoms with Gasteiger partial charge < -0.3 is 15.0 Å². The van der Waals surface area contributed by atoms with Crippen LogP contribution in [0.1, 0.15) is 5.56 Å². The Morgan fingerprint density at radius 1 is 1.31 bits per heavy atom. The first kappa shape index (κ1) is 9.54. The second kappa shape index (κ2) is 3.42. The summed E-state index contributed by atoms with van der Waals surface area (Å²) in [6, 6.07) is 5.38. The van der Waals surface area contributed by atoms with E-state index in [0.29, 0.717) is 17.3 Å². The number of nitrogens with two attached hydrogens (primary N) is 1. The molecule has 0 radical (unpaired) electrons. The van der Waals surface area contributed by atoms with Crippen LogP contribution in [0, 0.1) is 0 Å². The molecule has 1 aliphatic rings. The van der Waals surface area contributed by atoms with Gasteiger partial charge in [0.15, 0.2) is 0 Å².